The molecule has 0 aliphatic carbocycles. The van der Waals surface area contributed by atoms with Crippen molar-refractivity contribution in [3.63, 3.8) is 0 Å². The Labute approximate surface area is 113 Å². The quantitative estimate of drug-likeness (QED) is 0.890. The van der Waals surface area contributed by atoms with Crippen molar-refractivity contribution in [3.05, 3.63) is 35.4 Å². The van der Waals surface area contributed by atoms with Crippen LogP contribution in [0.15, 0.2) is 24.3 Å². The van der Waals surface area contributed by atoms with E-state index in [1.54, 1.807) is 12.1 Å². The predicted molar refractivity (Wildman–Crippen MR) is 72.4 cm³/mol. The summed E-state index contributed by atoms with van der Waals surface area (Å²) in [5.74, 6) is -1.05. The third kappa shape index (κ3) is 3.56. The maximum atomic E-state index is 12.4. The Hall–Kier alpha value is -1.84. The molecular formula is C15H19NO3. The summed E-state index contributed by atoms with van der Waals surface area (Å²) in [5.41, 5.74) is 0.637. The summed E-state index contributed by atoms with van der Waals surface area (Å²) in [6, 6.07) is 6.28. The van der Waals surface area contributed by atoms with E-state index in [2.05, 4.69) is 0 Å². The first kappa shape index (κ1) is 13.6. The normalized spacial score (nSPS) is 16.5. The summed E-state index contributed by atoms with van der Waals surface area (Å²) in [6.07, 6.45) is 5.64. The Bertz CT molecular complexity index is 462. The first-order valence-electron chi connectivity index (χ1n) is 6.81. The van der Waals surface area contributed by atoms with Crippen molar-refractivity contribution in [2.75, 3.05) is 13.1 Å². The van der Waals surface area contributed by atoms with E-state index in [-0.39, 0.29) is 11.5 Å². The molecule has 1 amide bonds. The Morgan fingerprint density at radius 3 is 2.16 bits per heavy atom. The largest absolute Gasteiger partial charge is 0.478 e. The van der Waals surface area contributed by atoms with Crippen molar-refractivity contribution in [1.29, 1.82) is 0 Å². The Balaban J connectivity index is 2.13. The van der Waals surface area contributed by atoms with Gasteiger partial charge in [-0.05, 0) is 31.0 Å². The van der Waals surface area contributed by atoms with Crippen LogP contribution in [0.2, 0.25) is 0 Å². The van der Waals surface area contributed by atoms with Crippen LogP contribution >= 0.6 is 0 Å². The minimum atomic E-state index is -0.998. The van der Waals surface area contributed by atoms with Crippen molar-refractivity contribution >= 4 is 11.9 Å². The highest BCUT2D eigenvalue weighted by Crippen LogP contribution is 2.14. The predicted octanol–water partition coefficient (Wildman–Crippen LogP) is 2.79. The van der Waals surface area contributed by atoms with Crippen molar-refractivity contribution < 1.29 is 14.7 Å². The van der Waals surface area contributed by atoms with Gasteiger partial charge in [-0.3, -0.25) is 4.79 Å². The number of likely N-dealkylation sites (tertiary alicyclic amines) is 1. The summed E-state index contributed by atoms with van der Waals surface area (Å²) in [4.78, 5) is 25.1. The molecule has 4 heteroatoms. The summed E-state index contributed by atoms with van der Waals surface area (Å²) < 4.78 is 0. The van der Waals surface area contributed by atoms with E-state index in [1.165, 1.54) is 31.4 Å². The van der Waals surface area contributed by atoms with Gasteiger partial charge in [0.05, 0.1) is 5.56 Å². The van der Waals surface area contributed by atoms with E-state index in [0.29, 0.717) is 5.56 Å². The molecule has 1 aromatic carbocycles. The van der Waals surface area contributed by atoms with Crippen LogP contribution in [-0.2, 0) is 0 Å². The maximum Gasteiger partial charge on any atom is 0.335 e. The number of nitrogens with zero attached hydrogens (tertiary/aromatic N) is 1. The lowest BCUT2D eigenvalue weighted by atomic mass is 10.1. The number of rotatable bonds is 2. The SMILES string of the molecule is O=C(O)c1cccc(C(=O)N2CCCCCCC2)c1. The van der Waals surface area contributed by atoms with Gasteiger partial charge >= 0.3 is 5.97 Å². The molecule has 1 fully saturated rings. The Morgan fingerprint density at radius 2 is 1.53 bits per heavy atom. The molecule has 0 radical (unpaired) electrons. The number of carboxylic acid groups (broad SMARTS) is 1. The molecule has 1 aromatic rings. The van der Waals surface area contributed by atoms with Crippen LogP contribution in [0.4, 0.5) is 0 Å². The monoisotopic (exact) mass is 261 g/mol. The second-order valence-electron chi connectivity index (χ2n) is 4.95. The molecule has 1 aliphatic heterocycles. The second-order valence-corrected chi connectivity index (χ2v) is 4.95. The zero-order chi connectivity index (χ0) is 13.7. The van der Waals surface area contributed by atoms with Crippen molar-refractivity contribution in [2.45, 2.75) is 32.1 Å². The Morgan fingerprint density at radius 1 is 0.947 bits per heavy atom. The highest BCUT2D eigenvalue weighted by atomic mass is 16.4. The van der Waals surface area contributed by atoms with Gasteiger partial charge in [0.15, 0.2) is 0 Å². The van der Waals surface area contributed by atoms with Crippen LogP contribution in [0.5, 0.6) is 0 Å². The molecular weight excluding hydrogens is 242 g/mol. The molecule has 0 unspecified atom stereocenters. The number of hydrogen-bond donors (Lipinski definition) is 1. The van der Waals surface area contributed by atoms with E-state index < -0.39 is 5.97 Å². The number of aromatic carboxylic acids is 1. The summed E-state index contributed by atoms with van der Waals surface area (Å²) in [7, 11) is 0. The lowest BCUT2D eigenvalue weighted by Gasteiger charge is -2.25. The summed E-state index contributed by atoms with van der Waals surface area (Å²) in [6.45, 7) is 1.55. The van der Waals surface area contributed by atoms with E-state index >= 15 is 0 Å². The maximum absolute atomic E-state index is 12.4. The minimum Gasteiger partial charge on any atom is -0.478 e. The molecule has 0 bridgehead atoms. The number of carbonyl (C=O) groups excluding carboxylic acids is 1. The third-order valence-electron chi connectivity index (χ3n) is 3.50. The van der Waals surface area contributed by atoms with Gasteiger partial charge in [-0.15, -0.1) is 0 Å². The summed E-state index contributed by atoms with van der Waals surface area (Å²) >= 11 is 0. The van der Waals surface area contributed by atoms with Crippen molar-refractivity contribution in [3.8, 4) is 0 Å². The molecule has 0 atom stereocenters. The van der Waals surface area contributed by atoms with Gasteiger partial charge in [0.1, 0.15) is 0 Å². The van der Waals surface area contributed by atoms with E-state index in [4.69, 9.17) is 5.11 Å². The molecule has 102 valence electrons. The lowest BCUT2D eigenvalue weighted by molar-refractivity contribution is 0.0697. The van der Waals surface area contributed by atoms with Gasteiger partial charge < -0.3 is 10.0 Å². The van der Waals surface area contributed by atoms with Crippen LogP contribution in [0, 0.1) is 0 Å². The topological polar surface area (TPSA) is 57.6 Å². The number of carbonyl (C=O) groups is 2. The molecule has 0 aromatic heterocycles. The van der Waals surface area contributed by atoms with E-state index in [1.807, 2.05) is 4.90 Å². The molecule has 1 aliphatic rings. The number of amides is 1. The highest BCUT2D eigenvalue weighted by molar-refractivity contribution is 5.97. The van der Waals surface area contributed by atoms with Gasteiger partial charge in [-0.2, -0.15) is 0 Å². The van der Waals surface area contributed by atoms with Crippen LogP contribution < -0.4 is 0 Å². The smallest absolute Gasteiger partial charge is 0.335 e. The first-order chi connectivity index (χ1) is 9.18. The van der Waals surface area contributed by atoms with Gasteiger partial charge in [0, 0.05) is 18.7 Å². The molecule has 0 saturated carbocycles. The number of benzene rings is 1. The molecule has 0 spiro atoms. The van der Waals surface area contributed by atoms with Crippen molar-refractivity contribution in [2.24, 2.45) is 0 Å². The number of hydrogen-bond acceptors (Lipinski definition) is 2. The minimum absolute atomic E-state index is 0.0509. The summed E-state index contributed by atoms with van der Waals surface area (Å²) in [5, 5.41) is 8.96. The fraction of sp³-hybridized carbons (Fsp3) is 0.467. The average Bonchev–Trinajstić information content (AvgIpc) is 2.38. The van der Waals surface area contributed by atoms with Crippen LogP contribution in [-0.4, -0.2) is 35.0 Å². The number of carboxylic acids is 1. The second kappa shape index (κ2) is 6.36. The highest BCUT2D eigenvalue weighted by Gasteiger charge is 2.17. The average molecular weight is 261 g/mol. The van der Waals surface area contributed by atoms with Crippen LogP contribution in [0.3, 0.4) is 0 Å². The molecule has 4 nitrogen and oxygen atoms in total. The Kier molecular flexibility index (Phi) is 4.55. The molecule has 2 rings (SSSR count). The third-order valence-corrected chi connectivity index (χ3v) is 3.50. The van der Waals surface area contributed by atoms with Crippen molar-refractivity contribution in [1.82, 2.24) is 4.90 Å². The fourth-order valence-electron chi connectivity index (χ4n) is 2.42. The van der Waals surface area contributed by atoms with Gasteiger partial charge in [-0.25, -0.2) is 4.79 Å². The zero-order valence-corrected chi connectivity index (χ0v) is 11.0. The molecule has 1 saturated heterocycles. The fourth-order valence-corrected chi connectivity index (χ4v) is 2.42. The molecule has 19 heavy (non-hydrogen) atoms. The lowest BCUT2D eigenvalue weighted by Crippen LogP contribution is -2.33. The van der Waals surface area contributed by atoms with Gasteiger partial charge in [-0.1, -0.05) is 25.3 Å². The van der Waals surface area contributed by atoms with E-state index in [9.17, 15) is 9.59 Å². The molecule has 1 heterocycles. The van der Waals surface area contributed by atoms with Crippen LogP contribution in [0.1, 0.15) is 52.8 Å². The molecule has 1 N–H and O–H groups in total. The zero-order valence-electron chi connectivity index (χ0n) is 11.0. The standard InChI is InChI=1S/C15H19NO3/c17-14(16-9-4-2-1-3-5-10-16)12-7-6-8-13(11-12)15(18)19/h6-8,11H,1-5,9-10H2,(H,18,19). The van der Waals surface area contributed by atoms with E-state index in [0.717, 1.165) is 25.9 Å². The van der Waals surface area contributed by atoms with Gasteiger partial charge in [0.25, 0.3) is 5.91 Å². The van der Waals surface area contributed by atoms with Gasteiger partial charge in [0.2, 0.25) is 0 Å². The van der Waals surface area contributed by atoms with Crippen LogP contribution in [0.25, 0.3) is 0 Å². The first-order valence-corrected chi connectivity index (χ1v) is 6.81.